The van der Waals surface area contributed by atoms with Gasteiger partial charge in [0.25, 0.3) is 0 Å². The van der Waals surface area contributed by atoms with Crippen molar-refractivity contribution in [2.75, 3.05) is 11.9 Å². The molecule has 2 N–H and O–H groups in total. The zero-order valence-electron chi connectivity index (χ0n) is 11.8. The molecule has 0 unspecified atom stereocenters. The summed E-state index contributed by atoms with van der Waals surface area (Å²) in [6, 6.07) is 4.52. The Labute approximate surface area is 122 Å². The number of nitro groups is 1. The standard InChI is InChI=1S/C14H18N2O5/c1-2-21-12-8-10(4-5-11(12)16(19)20)15-14(6-3-7-14)9-13(17)18/h4-5,8,15H,2-3,6-7,9H2,1H3,(H,17,18). The van der Waals surface area contributed by atoms with E-state index >= 15 is 0 Å². The van der Waals surface area contributed by atoms with Crippen LogP contribution in [-0.2, 0) is 4.79 Å². The fourth-order valence-electron chi connectivity index (χ4n) is 2.56. The highest BCUT2D eigenvalue weighted by molar-refractivity contribution is 5.70. The first-order valence-electron chi connectivity index (χ1n) is 6.87. The number of ether oxygens (including phenoxy) is 1. The normalized spacial score (nSPS) is 15.9. The number of nitrogens with one attached hydrogen (secondary N) is 1. The van der Waals surface area contributed by atoms with Crippen LogP contribution in [0.2, 0.25) is 0 Å². The second kappa shape index (κ2) is 5.99. The topological polar surface area (TPSA) is 102 Å². The van der Waals surface area contributed by atoms with Gasteiger partial charge in [0.1, 0.15) is 0 Å². The molecule has 0 atom stereocenters. The van der Waals surface area contributed by atoms with Gasteiger partial charge in [0.15, 0.2) is 5.75 Å². The summed E-state index contributed by atoms with van der Waals surface area (Å²) >= 11 is 0. The Morgan fingerprint density at radius 2 is 2.24 bits per heavy atom. The van der Waals surface area contributed by atoms with Crippen LogP contribution in [0.1, 0.15) is 32.6 Å². The van der Waals surface area contributed by atoms with E-state index in [1.807, 2.05) is 0 Å². The van der Waals surface area contributed by atoms with E-state index < -0.39 is 16.4 Å². The third kappa shape index (κ3) is 3.42. The predicted octanol–water partition coefficient (Wildman–Crippen LogP) is 2.80. The molecule has 7 nitrogen and oxygen atoms in total. The summed E-state index contributed by atoms with van der Waals surface area (Å²) in [6.07, 6.45) is 2.57. The van der Waals surface area contributed by atoms with E-state index in [1.165, 1.54) is 6.07 Å². The molecule has 0 aliphatic heterocycles. The number of carboxylic acid groups (broad SMARTS) is 1. The van der Waals surface area contributed by atoms with Gasteiger partial charge in [-0.2, -0.15) is 0 Å². The summed E-state index contributed by atoms with van der Waals surface area (Å²) in [5.41, 5.74) is 0.0964. The van der Waals surface area contributed by atoms with Crippen LogP contribution in [0.15, 0.2) is 18.2 Å². The minimum Gasteiger partial charge on any atom is -0.487 e. The Kier molecular flexibility index (Phi) is 4.30. The average molecular weight is 294 g/mol. The third-order valence-corrected chi connectivity index (χ3v) is 3.67. The van der Waals surface area contributed by atoms with Gasteiger partial charge < -0.3 is 15.2 Å². The number of benzene rings is 1. The zero-order chi connectivity index (χ0) is 15.5. The molecular formula is C14H18N2O5. The van der Waals surface area contributed by atoms with Crippen molar-refractivity contribution in [2.45, 2.75) is 38.1 Å². The van der Waals surface area contributed by atoms with E-state index in [0.29, 0.717) is 12.3 Å². The molecule has 0 bridgehead atoms. The lowest BCUT2D eigenvalue weighted by Crippen LogP contribution is -2.46. The fourth-order valence-corrected chi connectivity index (χ4v) is 2.56. The Hall–Kier alpha value is -2.31. The van der Waals surface area contributed by atoms with Crippen molar-refractivity contribution in [3.05, 3.63) is 28.3 Å². The molecule has 1 saturated carbocycles. The molecule has 1 aromatic rings. The summed E-state index contributed by atoms with van der Waals surface area (Å²) in [7, 11) is 0. The average Bonchev–Trinajstić information content (AvgIpc) is 2.36. The van der Waals surface area contributed by atoms with Crippen molar-refractivity contribution < 1.29 is 19.6 Å². The van der Waals surface area contributed by atoms with Gasteiger partial charge in [0.2, 0.25) is 0 Å². The van der Waals surface area contributed by atoms with E-state index in [4.69, 9.17) is 9.84 Å². The number of nitrogens with zero attached hydrogens (tertiary/aromatic N) is 1. The molecule has 1 aliphatic rings. The molecule has 0 amide bonds. The number of hydrogen-bond acceptors (Lipinski definition) is 5. The molecule has 2 rings (SSSR count). The van der Waals surface area contributed by atoms with E-state index in [1.54, 1.807) is 19.1 Å². The lowest BCUT2D eigenvalue weighted by atomic mass is 9.74. The summed E-state index contributed by atoms with van der Waals surface area (Å²) in [6.45, 7) is 2.08. The Morgan fingerprint density at radius 3 is 2.71 bits per heavy atom. The van der Waals surface area contributed by atoms with Gasteiger partial charge in [-0.1, -0.05) is 0 Å². The van der Waals surface area contributed by atoms with Crippen LogP contribution in [0.4, 0.5) is 11.4 Å². The van der Waals surface area contributed by atoms with Crippen LogP contribution >= 0.6 is 0 Å². The van der Waals surface area contributed by atoms with Crippen molar-refractivity contribution in [2.24, 2.45) is 0 Å². The lowest BCUT2D eigenvalue weighted by molar-refractivity contribution is -0.385. The Bertz CT molecular complexity index is 554. The maximum absolute atomic E-state index is 11.0. The summed E-state index contributed by atoms with van der Waals surface area (Å²) in [5, 5.41) is 23.1. The summed E-state index contributed by atoms with van der Waals surface area (Å²) in [4.78, 5) is 21.4. The second-order valence-corrected chi connectivity index (χ2v) is 5.20. The molecule has 0 heterocycles. The van der Waals surface area contributed by atoms with Crippen LogP contribution in [0.5, 0.6) is 5.75 Å². The minimum atomic E-state index is -0.853. The summed E-state index contributed by atoms with van der Waals surface area (Å²) < 4.78 is 5.29. The van der Waals surface area contributed by atoms with Gasteiger partial charge in [0.05, 0.1) is 18.0 Å². The predicted molar refractivity (Wildman–Crippen MR) is 76.7 cm³/mol. The molecule has 1 aliphatic carbocycles. The SMILES string of the molecule is CCOc1cc(NC2(CC(=O)O)CCC2)ccc1[N+](=O)[O-]. The maximum atomic E-state index is 11.0. The van der Waals surface area contributed by atoms with E-state index in [-0.39, 0.29) is 17.9 Å². The fraction of sp³-hybridized carbons (Fsp3) is 0.500. The van der Waals surface area contributed by atoms with E-state index in [2.05, 4.69) is 5.32 Å². The number of anilines is 1. The third-order valence-electron chi connectivity index (χ3n) is 3.67. The first kappa shape index (κ1) is 15.1. The van der Waals surface area contributed by atoms with Crippen LogP contribution in [-0.4, -0.2) is 28.1 Å². The molecule has 21 heavy (non-hydrogen) atoms. The first-order valence-corrected chi connectivity index (χ1v) is 6.87. The molecule has 114 valence electrons. The molecule has 7 heteroatoms. The van der Waals surface area contributed by atoms with Crippen molar-refractivity contribution in [1.29, 1.82) is 0 Å². The quantitative estimate of drug-likeness (QED) is 0.592. The second-order valence-electron chi connectivity index (χ2n) is 5.20. The molecule has 1 fully saturated rings. The smallest absolute Gasteiger partial charge is 0.311 e. The van der Waals surface area contributed by atoms with Crippen LogP contribution in [0.25, 0.3) is 0 Å². The van der Waals surface area contributed by atoms with Crippen molar-refractivity contribution in [3.8, 4) is 5.75 Å². The molecule has 1 aromatic carbocycles. The van der Waals surface area contributed by atoms with Crippen LogP contribution in [0, 0.1) is 10.1 Å². The summed E-state index contributed by atoms with van der Waals surface area (Å²) in [5.74, 6) is -0.661. The highest BCUT2D eigenvalue weighted by Gasteiger charge is 2.39. The van der Waals surface area contributed by atoms with Crippen molar-refractivity contribution in [3.63, 3.8) is 0 Å². The molecule has 0 aromatic heterocycles. The number of aliphatic carboxylic acids is 1. The van der Waals surface area contributed by atoms with Crippen molar-refractivity contribution >= 4 is 17.3 Å². The number of hydrogen-bond donors (Lipinski definition) is 2. The monoisotopic (exact) mass is 294 g/mol. The lowest BCUT2D eigenvalue weighted by Gasteiger charge is -2.42. The molecule has 0 spiro atoms. The van der Waals surface area contributed by atoms with Gasteiger partial charge in [-0.05, 0) is 32.3 Å². The van der Waals surface area contributed by atoms with Gasteiger partial charge in [0, 0.05) is 23.4 Å². The maximum Gasteiger partial charge on any atom is 0.311 e. The molecule has 0 radical (unpaired) electrons. The van der Waals surface area contributed by atoms with E-state index in [0.717, 1.165) is 19.3 Å². The Morgan fingerprint density at radius 1 is 1.52 bits per heavy atom. The highest BCUT2D eigenvalue weighted by Crippen LogP contribution is 2.40. The largest absolute Gasteiger partial charge is 0.487 e. The Balaban J connectivity index is 2.22. The minimum absolute atomic E-state index is 0.0357. The highest BCUT2D eigenvalue weighted by atomic mass is 16.6. The number of rotatable bonds is 7. The van der Waals surface area contributed by atoms with Gasteiger partial charge >= 0.3 is 11.7 Å². The molecule has 0 saturated heterocycles. The van der Waals surface area contributed by atoms with Crippen LogP contribution < -0.4 is 10.1 Å². The van der Waals surface area contributed by atoms with Gasteiger partial charge in [-0.15, -0.1) is 0 Å². The van der Waals surface area contributed by atoms with Crippen molar-refractivity contribution in [1.82, 2.24) is 0 Å². The number of nitro benzene ring substituents is 1. The molecular weight excluding hydrogens is 276 g/mol. The van der Waals surface area contributed by atoms with Crippen LogP contribution in [0.3, 0.4) is 0 Å². The first-order chi connectivity index (χ1) is 9.96. The number of carboxylic acids is 1. The van der Waals surface area contributed by atoms with E-state index in [9.17, 15) is 14.9 Å². The zero-order valence-corrected chi connectivity index (χ0v) is 11.8. The van der Waals surface area contributed by atoms with Gasteiger partial charge in [-0.25, -0.2) is 0 Å². The number of carbonyl (C=O) groups is 1. The van der Waals surface area contributed by atoms with Gasteiger partial charge in [-0.3, -0.25) is 14.9 Å².